The monoisotopic (exact) mass is 536 g/mol. The number of anilines is 1. The van der Waals surface area contributed by atoms with Gasteiger partial charge in [0, 0.05) is 72.1 Å². The Morgan fingerprint density at radius 2 is 1.27 bits per heavy atom. The van der Waals surface area contributed by atoms with Crippen LogP contribution in [0.2, 0.25) is 0 Å². The molecule has 0 amide bonds. The summed E-state index contributed by atoms with van der Waals surface area (Å²) in [6, 6.07) is 17.8. The zero-order valence-electron chi connectivity index (χ0n) is 23.3. The van der Waals surface area contributed by atoms with Gasteiger partial charge in [-0.1, -0.05) is 0 Å². The van der Waals surface area contributed by atoms with E-state index < -0.39 is 0 Å². The molecule has 2 aromatic carbocycles. The van der Waals surface area contributed by atoms with Crippen LogP contribution in [0.5, 0.6) is 23.0 Å². The van der Waals surface area contributed by atoms with Crippen LogP contribution < -0.4 is 23.8 Å². The van der Waals surface area contributed by atoms with Gasteiger partial charge in [0.1, 0.15) is 28.8 Å². The summed E-state index contributed by atoms with van der Waals surface area (Å²) in [6.07, 6.45) is 7.32. The highest BCUT2D eigenvalue weighted by molar-refractivity contribution is 5.94. The fourth-order valence-electron chi connectivity index (χ4n) is 4.76. The topological polar surface area (TPSA) is 78.8 Å². The van der Waals surface area contributed by atoms with Crippen molar-refractivity contribution < 1.29 is 18.9 Å². The molecule has 0 bridgehead atoms. The van der Waals surface area contributed by atoms with Crippen LogP contribution in [0.1, 0.15) is 16.7 Å². The van der Waals surface area contributed by atoms with Crippen molar-refractivity contribution in [3.63, 3.8) is 0 Å². The number of fused-ring (bicyclic) bond motifs is 1. The highest BCUT2D eigenvalue weighted by Gasteiger charge is 2.20. The van der Waals surface area contributed by atoms with Crippen LogP contribution in [0, 0.1) is 6.92 Å². The number of ether oxygens (including phenoxy) is 4. The van der Waals surface area contributed by atoms with Gasteiger partial charge in [-0.25, -0.2) is 4.98 Å². The molecule has 0 N–H and O–H groups in total. The predicted molar refractivity (Wildman–Crippen MR) is 156 cm³/mol. The van der Waals surface area contributed by atoms with E-state index in [1.165, 1.54) is 0 Å². The van der Waals surface area contributed by atoms with Crippen molar-refractivity contribution in [2.24, 2.45) is 0 Å². The molecule has 5 aromatic rings. The van der Waals surface area contributed by atoms with Crippen molar-refractivity contribution in [2.45, 2.75) is 20.0 Å². The third kappa shape index (κ3) is 5.47. The summed E-state index contributed by atoms with van der Waals surface area (Å²) in [5.41, 5.74) is 4.89. The van der Waals surface area contributed by atoms with Gasteiger partial charge in [0.15, 0.2) is 0 Å². The summed E-state index contributed by atoms with van der Waals surface area (Å²) >= 11 is 0. The van der Waals surface area contributed by atoms with Crippen LogP contribution in [0.4, 0.5) is 5.82 Å². The van der Waals surface area contributed by atoms with E-state index in [1.807, 2.05) is 60.9 Å². The summed E-state index contributed by atoms with van der Waals surface area (Å²) in [4.78, 5) is 16.2. The number of hydrogen-bond donors (Lipinski definition) is 0. The standard InChI is InChI=1S/C32H32N4O4/c1-21-10-12-33-17-27(21)29-14-22-11-13-34-18-28(22)32(35-29)36(19-23-6-8-25(37-2)15-30(23)39-4)20-24-7-9-26(38-3)16-31(24)40-5/h6-18H,19-20H2,1-5H3. The number of aromatic nitrogens is 3. The maximum Gasteiger partial charge on any atom is 0.139 e. The molecule has 40 heavy (non-hydrogen) atoms. The summed E-state index contributed by atoms with van der Waals surface area (Å²) in [6.45, 7) is 3.08. The Kier molecular flexibility index (Phi) is 7.96. The quantitative estimate of drug-likeness (QED) is 0.208. The third-order valence-electron chi connectivity index (χ3n) is 6.94. The molecular weight excluding hydrogens is 504 g/mol. The van der Waals surface area contributed by atoms with Crippen molar-refractivity contribution in [1.82, 2.24) is 15.0 Å². The van der Waals surface area contributed by atoms with Gasteiger partial charge in [0.2, 0.25) is 0 Å². The minimum Gasteiger partial charge on any atom is -0.497 e. The number of pyridine rings is 3. The Hall–Kier alpha value is -4.85. The molecule has 0 fully saturated rings. The molecule has 0 saturated carbocycles. The zero-order valence-corrected chi connectivity index (χ0v) is 23.3. The molecule has 0 atom stereocenters. The lowest BCUT2D eigenvalue weighted by Crippen LogP contribution is -2.24. The van der Waals surface area contributed by atoms with Gasteiger partial charge < -0.3 is 23.8 Å². The summed E-state index contributed by atoms with van der Waals surface area (Å²) in [5, 5.41) is 1.97. The predicted octanol–water partition coefficient (Wildman–Crippen LogP) is 6.24. The van der Waals surface area contributed by atoms with Crippen LogP contribution in [0.15, 0.2) is 79.4 Å². The summed E-state index contributed by atoms with van der Waals surface area (Å²) in [7, 11) is 6.62. The average Bonchev–Trinajstić information content (AvgIpc) is 3.00. The van der Waals surface area contributed by atoms with Crippen LogP contribution >= 0.6 is 0 Å². The van der Waals surface area contributed by atoms with E-state index in [2.05, 4.69) is 27.9 Å². The second kappa shape index (κ2) is 11.9. The van der Waals surface area contributed by atoms with Crippen molar-refractivity contribution in [3.05, 3.63) is 96.1 Å². The van der Waals surface area contributed by atoms with E-state index in [1.54, 1.807) is 40.8 Å². The lowest BCUT2D eigenvalue weighted by atomic mass is 10.0. The van der Waals surface area contributed by atoms with E-state index in [-0.39, 0.29) is 0 Å². The van der Waals surface area contributed by atoms with E-state index in [0.29, 0.717) is 13.1 Å². The molecule has 0 saturated heterocycles. The first-order valence-corrected chi connectivity index (χ1v) is 12.9. The van der Waals surface area contributed by atoms with Crippen molar-refractivity contribution >= 4 is 16.6 Å². The van der Waals surface area contributed by atoms with Gasteiger partial charge in [0.25, 0.3) is 0 Å². The number of hydrogen-bond acceptors (Lipinski definition) is 8. The molecule has 3 aromatic heterocycles. The number of methoxy groups -OCH3 is 4. The fraction of sp³-hybridized carbons (Fsp3) is 0.219. The Morgan fingerprint density at radius 3 is 1.85 bits per heavy atom. The molecule has 8 nitrogen and oxygen atoms in total. The SMILES string of the molecule is COc1ccc(CN(Cc2ccc(OC)cc2OC)c2nc(-c3cnccc3C)cc3ccncc23)c(OC)c1. The molecule has 0 unspecified atom stereocenters. The maximum atomic E-state index is 5.76. The summed E-state index contributed by atoms with van der Waals surface area (Å²) in [5.74, 6) is 3.71. The Balaban J connectivity index is 1.69. The number of benzene rings is 2. The van der Waals surface area contributed by atoms with E-state index in [4.69, 9.17) is 23.9 Å². The number of rotatable bonds is 10. The van der Waals surface area contributed by atoms with Gasteiger partial charge in [-0.3, -0.25) is 9.97 Å². The first-order chi connectivity index (χ1) is 19.5. The molecule has 5 rings (SSSR count). The van der Waals surface area contributed by atoms with Crippen LogP contribution in [-0.4, -0.2) is 43.4 Å². The smallest absolute Gasteiger partial charge is 0.139 e. The molecule has 3 heterocycles. The highest BCUT2D eigenvalue weighted by atomic mass is 16.5. The normalized spacial score (nSPS) is 10.8. The molecule has 8 heteroatoms. The Morgan fingerprint density at radius 1 is 0.675 bits per heavy atom. The molecule has 0 aliphatic rings. The van der Waals surface area contributed by atoms with Crippen LogP contribution in [0.3, 0.4) is 0 Å². The van der Waals surface area contributed by atoms with E-state index in [9.17, 15) is 0 Å². The van der Waals surface area contributed by atoms with Crippen molar-refractivity contribution in [1.29, 1.82) is 0 Å². The number of nitrogens with zero attached hydrogens (tertiary/aromatic N) is 4. The first kappa shape index (κ1) is 26.7. The maximum absolute atomic E-state index is 5.76. The molecule has 0 spiro atoms. The minimum absolute atomic E-state index is 0.509. The lowest BCUT2D eigenvalue weighted by molar-refractivity contribution is 0.389. The lowest BCUT2D eigenvalue weighted by Gasteiger charge is -2.27. The van der Waals surface area contributed by atoms with E-state index >= 15 is 0 Å². The van der Waals surface area contributed by atoms with Crippen LogP contribution in [0.25, 0.3) is 22.0 Å². The average molecular weight is 537 g/mol. The Bertz CT molecular complexity index is 1580. The molecule has 0 aliphatic carbocycles. The molecular formula is C32H32N4O4. The van der Waals surface area contributed by atoms with Gasteiger partial charge in [-0.15, -0.1) is 0 Å². The second-order valence-corrected chi connectivity index (χ2v) is 9.33. The minimum atomic E-state index is 0.509. The molecule has 0 radical (unpaired) electrons. The fourth-order valence-corrected chi connectivity index (χ4v) is 4.76. The Labute approximate surface area is 234 Å². The highest BCUT2D eigenvalue weighted by Crippen LogP contribution is 2.35. The van der Waals surface area contributed by atoms with Crippen molar-refractivity contribution in [2.75, 3.05) is 33.3 Å². The van der Waals surface area contributed by atoms with Gasteiger partial charge in [-0.05, 0) is 60.3 Å². The van der Waals surface area contributed by atoms with Gasteiger partial charge >= 0.3 is 0 Å². The van der Waals surface area contributed by atoms with Crippen molar-refractivity contribution in [3.8, 4) is 34.3 Å². The van der Waals surface area contributed by atoms with Gasteiger partial charge in [0.05, 0.1) is 34.1 Å². The second-order valence-electron chi connectivity index (χ2n) is 9.33. The summed E-state index contributed by atoms with van der Waals surface area (Å²) < 4.78 is 22.4. The van der Waals surface area contributed by atoms with E-state index in [0.717, 1.165) is 67.5 Å². The van der Waals surface area contributed by atoms with Crippen LogP contribution in [-0.2, 0) is 13.1 Å². The molecule has 0 aliphatic heterocycles. The zero-order chi connectivity index (χ0) is 28.1. The third-order valence-corrected chi connectivity index (χ3v) is 6.94. The molecule has 204 valence electrons. The number of aryl methyl sites for hydroxylation is 1. The first-order valence-electron chi connectivity index (χ1n) is 12.9. The largest absolute Gasteiger partial charge is 0.497 e. The van der Waals surface area contributed by atoms with Gasteiger partial charge in [-0.2, -0.15) is 0 Å².